The fourth-order valence-corrected chi connectivity index (χ4v) is 4.72. The zero-order valence-electron chi connectivity index (χ0n) is 18.3. The molecule has 2 N–H and O–H groups in total. The third kappa shape index (κ3) is 4.61. The van der Waals surface area contributed by atoms with Crippen LogP contribution >= 0.6 is 15.9 Å². The molecule has 6 nitrogen and oxygen atoms in total. The molecule has 1 amide bonds. The number of hydrogen-bond donors (Lipinski definition) is 2. The van der Waals surface area contributed by atoms with Crippen LogP contribution in [-0.2, 0) is 11.3 Å². The lowest BCUT2D eigenvalue weighted by Crippen LogP contribution is -2.48. The van der Waals surface area contributed by atoms with Crippen LogP contribution in [0.5, 0.6) is 0 Å². The highest BCUT2D eigenvalue weighted by Gasteiger charge is 2.43. The van der Waals surface area contributed by atoms with Gasteiger partial charge in [-0.05, 0) is 57.7 Å². The number of amides is 1. The molecule has 0 unspecified atom stereocenters. The van der Waals surface area contributed by atoms with E-state index in [2.05, 4.69) is 66.3 Å². The van der Waals surface area contributed by atoms with Crippen molar-refractivity contribution >= 4 is 33.2 Å². The maximum Gasteiger partial charge on any atom is 0.283 e. The second-order valence-corrected chi connectivity index (χ2v) is 9.90. The lowest BCUT2D eigenvalue weighted by molar-refractivity contribution is -0.117. The van der Waals surface area contributed by atoms with Gasteiger partial charge in [-0.3, -0.25) is 9.59 Å². The first-order chi connectivity index (χ1) is 14.1. The summed E-state index contributed by atoms with van der Waals surface area (Å²) in [4.78, 5) is 25.0. The lowest BCUT2D eigenvalue weighted by Gasteiger charge is -2.50. The molecule has 7 heteroatoms. The van der Waals surface area contributed by atoms with E-state index in [0.717, 1.165) is 6.42 Å². The van der Waals surface area contributed by atoms with Crippen LogP contribution in [0.2, 0.25) is 0 Å². The van der Waals surface area contributed by atoms with E-state index in [1.165, 1.54) is 4.68 Å². The molecule has 1 aromatic heterocycles. The monoisotopic (exact) mass is 474 g/mol. The van der Waals surface area contributed by atoms with Crippen molar-refractivity contribution in [3.8, 4) is 0 Å². The number of halogens is 1. The fourth-order valence-electron chi connectivity index (χ4n) is 4.30. The summed E-state index contributed by atoms with van der Waals surface area (Å²) in [7, 11) is 0. The van der Waals surface area contributed by atoms with Crippen molar-refractivity contribution < 1.29 is 4.79 Å². The second-order valence-electron chi connectivity index (χ2n) is 9.11. The van der Waals surface area contributed by atoms with Gasteiger partial charge in [0.05, 0.1) is 11.9 Å². The van der Waals surface area contributed by atoms with Crippen molar-refractivity contribution in [1.29, 1.82) is 0 Å². The molecular formula is C23H31BrN4O2. The van der Waals surface area contributed by atoms with Crippen molar-refractivity contribution in [2.24, 2.45) is 23.2 Å². The fraction of sp³-hybridized carbons (Fsp3) is 0.522. The minimum Gasteiger partial charge on any atom is -0.380 e. The summed E-state index contributed by atoms with van der Waals surface area (Å²) < 4.78 is 1.58. The first-order valence-electron chi connectivity index (χ1n) is 10.5. The summed E-state index contributed by atoms with van der Waals surface area (Å²) >= 11 is 3.42. The Morgan fingerprint density at radius 2 is 1.90 bits per heavy atom. The second kappa shape index (κ2) is 8.92. The minimum atomic E-state index is -0.326. The minimum absolute atomic E-state index is 0.144. The van der Waals surface area contributed by atoms with E-state index in [1.54, 1.807) is 18.3 Å². The Kier molecular flexibility index (Phi) is 6.70. The van der Waals surface area contributed by atoms with Crippen molar-refractivity contribution in [2.45, 2.75) is 53.6 Å². The number of rotatable bonds is 5. The normalized spacial score (nSPS) is 25.5. The maximum atomic E-state index is 12.8. The van der Waals surface area contributed by atoms with E-state index >= 15 is 0 Å². The SMILES string of the molecule is C[C@@H]1[C@@H](C)C(C)(C)[C@@H](C)C[C@H]1Nc1cnn(CC(=O)Nc2ccccc2)c(=O)c1Br. The molecule has 1 saturated carbocycles. The van der Waals surface area contributed by atoms with E-state index in [0.29, 0.717) is 33.6 Å². The standard InChI is InChI=1S/C23H31BrN4O2/c1-14-11-18(15(2)16(3)23(14,4)5)27-19-12-25-28(22(30)21(19)24)13-20(29)26-17-9-7-6-8-10-17/h6-10,12,14-16,18,27H,11,13H2,1-5H3,(H,26,29)/t14-,15+,16+,18+/m0/s1. The van der Waals surface area contributed by atoms with Crippen molar-refractivity contribution in [3.63, 3.8) is 0 Å². The number of aromatic nitrogens is 2. The molecule has 1 aliphatic rings. The van der Waals surface area contributed by atoms with Gasteiger partial charge in [0.15, 0.2) is 0 Å². The first kappa shape index (κ1) is 22.5. The molecule has 1 aliphatic carbocycles. The highest BCUT2D eigenvalue weighted by Crippen LogP contribution is 2.48. The van der Waals surface area contributed by atoms with Crippen LogP contribution in [0.4, 0.5) is 11.4 Å². The van der Waals surface area contributed by atoms with Gasteiger partial charge >= 0.3 is 0 Å². The summed E-state index contributed by atoms with van der Waals surface area (Å²) in [6, 6.07) is 9.41. The molecule has 162 valence electrons. The molecule has 30 heavy (non-hydrogen) atoms. The summed E-state index contributed by atoms with van der Waals surface area (Å²) in [5, 5.41) is 10.5. The van der Waals surface area contributed by atoms with Crippen LogP contribution in [0, 0.1) is 23.2 Å². The van der Waals surface area contributed by atoms with Gasteiger partial charge in [-0.1, -0.05) is 52.8 Å². The van der Waals surface area contributed by atoms with E-state index < -0.39 is 0 Å². The molecule has 2 aromatic rings. The number of benzene rings is 1. The Balaban J connectivity index is 1.72. The summed E-state index contributed by atoms with van der Waals surface area (Å²) in [6.07, 6.45) is 2.66. The predicted octanol–water partition coefficient (Wildman–Crippen LogP) is 4.76. The van der Waals surface area contributed by atoms with E-state index in [-0.39, 0.29) is 29.5 Å². The zero-order valence-corrected chi connectivity index (χ0v) is 19.9. The third-order valence-corrected chi connectivity index (χ3v) is 7.92. The Labute approximate surface area is 186 Å². The molecule has 1 heterocycles. The average molecular weight is 475 g/mol. The quantitative estimate of drug-likeness (QED) is 0.654. The van der Waals surface area contributed by atoms with E-state index in [4.69, 9.17) is 0 Å². The number of carbonyl (C=O) groups is 1. The van der Waals surface area contributed by atoms with Crippen LogP contribution in [0.15, 0.2) is 45.8 Å². The summed E-state index contributed by atoms with van der Waals surface area (Å²) in [6.45, 7) is 11.4. The first-order valence-corrected chi connectivity index (χ1v) is 11.3. The molecule has 4 atom stereocenters. The number of carbonyl (C=O) groups excluding carboxylic acids is 1. The molecule has 0 bridgehead atoms. The largest absolute Gasteiger partial charge is 0.380 e. The molecular weight excluding hydrogens is 444 g/mol. The average Bonchev–Trinajstić information content (AvgIpc) is 2.71. The number of para-hydroxylation sites is 1. The van der Waals surface area contributed by atoms with Crippen LogP contribution in [0.1, 0.15) is 41.0 Å². The van der Waals surface area contributed by atoms with Gasteiger partial charge in [-0.2, -0.15) is 5.10 Å². The van der Waals surface area contributed by atoms with Crippen LogP contribution in [0.3, 0.4) is 0 Å². The van der Waals surface area contributed by atoms with Crippen LogP contribution in [-0.4, -0.2) is 21.7 Å². The molecule has 0 saturated heterocycles. The highest BCUT2D eigenvalue weighted by molar-refractivity contribution is 9.10. The Morgan fingerprint density at radius 3 is 2.57 bits per heavy atom. The maximum absolute atomic E-state index is 12.8. The molecule has 0 spiro atoms. The topological polar surface area (TPSA) is 76.0 Å². The van der Waals surface area contributed by atoms with E-state index in [1.807, 2.05) is 18.2 Å². The highest BCUT2D eigenvalue weighted by atomic mass is 79.9. The Hall–Kier alpha value is -2.15. The number of hydrogen-bond acceptors (Lipinski definition) is 4. The van der Waals surface area contributed by atoms with Gasteiger partial charge in [-0.25, -0.2) is 4.68 Å². The third-order valence-electron chi connectivity index (χ3n) is 7.15. The van der Waals surface area contributed by atoms with Crippen LogP contribution in [0.25, 0.3) is 0 Å². The number of anilines is 2. The Bertz CT molecular complexity index is 957. The van der Waals surface area contributed by atoms with Crippen molar-refractivity contribution in [3.05, 3.63) is 51.4 Å². The molecule has 1 aromatic carbocycles. The van der Waals surface area contributed by atoms with Crippen molar-refractivity contribution in [1.82, 2.24) is 9.78 Å². The van der Waals surface area contributed by atoms with Gasteiger partial charge in [0.1, 0.15) is 11.0 Å². The van der Waals surface area contributed by atoms with Crippen molar-refractivity contribution in [2.75, 3.05) is 10.6 Å². The van der Waals surface area contributed by atoms with Gasteiger partial charge in [0, 0.05) is 11.7 Å². The molecule has 1 fully saturated rings. The number of nitrogens with zero attached hydrogens (tertiary/aromatic N) is 2. The van der Waals surface area contributed by atoms with Crippen LogP contribution < -0.4 is 16.2 Å². The Morgan fingerprint density at radius 1 is 1.23 bits per heavy atom. The van der Waals surface area contributed by atoms with Gasteiger partial charge < -0.3 is 10.6 Å². The molecule has 0 aliphatic heterocycles. The zero-order chi connectivity index (χ0) is 22.1. The smallest absolute Gasteiger partial charge is 0.283 e. The summed E-state index contributed by atoms with van der Waals surface area (Å²) in [5.74, 6) is 1.28. The number of nitrogens with one attached hydrogen (secondary N) is 2. The van der Waals surface area contributed by atoms with Gasteiger partial charge in [0.25, 0.3) is 5.56 Å². The molecule has 0 radical (unpaired) electrons. The van der Waals surface area contributed by atoms with E-state index in [9.17, 15) is 9.59 Å². The predicted molar refractivity (Wildman–Crippen MR) is 125 cm³/mol. The van der Waals surface area contributed by atoms with Gasteiger partial charge in [-0.15, -0.1) is 0 Å². The summed E-state index contributed by atoms with van der Waals surface area (Å²) in [5.41, 5.74) is 1.32. The van der Waals surface area contributed by atoms with Gasteiger partial charge in [0.2, 0.25) is 5.91 Å². The molecule has 3 rings (SSSR count). The lowest BCUT2D eigenvalue weighted by atomic mass is 9.58.